The van der Waals surface area contributed by atoms with Gasteiger partial charge in [-0.3, -0.25) is 0 Å². The van der Waals surface area contributed by atoms with Crippen LogP contribution in [-0.2, 0) is 0 Å². The van der Waals surface area contributed by atoms with Gasteiger partial charge in [-0.05, 0) is 50.0 Å². The van der Waals surface area contributed by atoms with Crippen LogP contribution in [-0.4, -0.2) is 0 Å². The highest BCUT2D eigenvalue weighted by molar-refractivity contribution is 5.36. The third-order valence-electron chi connectivity index (χ3n) is 3.98. The van der Waals surface area contributed by atoms with E-state index in [1.54, 1.807) is 0 Å². The van der Waals surface area contributed by atoms with Gasteiger partial charge in [-0.15, -0.1) is 0 Å². The van der Waals surface area contributed by atoms with Crippen LogP contribution in [0.25, 0.3) is 0 Å². The number of rotatable bonds is 5. The Kier molecular flexibility index (Phi) is 6.50. The summed E-state index contributed by atoms with van der Waals surface area (Å²) < 4.78 is 0. The molecule has 0 amide bonds. The second-order valence-electron chi connectivity index (χ2n) is 5.21. The zero-order chi connectivity index (χ0) is 13.4. The lowest BCUT2D eigenvalue weighted by molar-refractivity contribution is 0.298. The van der Waals surface area contributed by atoms with Crippen molar-refractivity contribution in [2.24, 2.45) is 11.8 Å². The summed E-state index contributed by atoms with van der Waals surface area (Å²) in [6.07, 6.45) is 13.3. The van der Waals surface area contributed by atoms with E-state index >= 15 is 0 Å². The van der Waals surface area contributed by atoms with E-state index in [1.807, 2.05) is 25.2 Å². The SMILES string of the molecule is C=C(C=CC(C#N)=CCC)C1CCC(CC)CC1. The van der Waals surface area contributed by atoms with E-state index < -0.39 is 0 Å². The summed E-state index contributed by atoms with van der Waals surface area (Å²) in [4.78, 5) is 0. The molecule has 1 saturated carbocycles. The molecule has 98 valence electrons. The van der Waals surface area contributed by atoms with Crippen molar-refractivity contribution in [1.29, 1.82) is 5.26 Å². The lowest BCUT2D eigenvalue weighted by atomic mass is 9.78. The normalized spacial score (nSPS) is 25.1. The number of allylic oxidation sites excluding steroid dienone is 5. The van der Waals surface area contributed by atoms with Crippen LogP contribution in [0, 0.1) is 23.2 Å². The molecule has 1 fully saturated rings. The Morgan fingerprint density at radius 2 is 1.89 bits per heavy atom. The van der Waals surface area contributed by atoms with Crippen molar-refractivity contribution < 1.29 is 0 Å². The van der Waals surface area contributed by atoms with Gasteiger partial charge in [-0.1, -0.05) is 44.6 Å². The maximum Gasteiger partial charge on any atom is 0.0988 e. The number of nitrogens with zero attached hydrogens (tertiary/aromatic N) is 1. The van der Waals surface area contributed by atoms with Gasteiger partial charge in [-0.2, -0.15) is 5.26 Å². The molecule has 1 aliphatic carbocycles. The standard InChI is InChI=1S/C17H25N/c1-4-6-16(13-18)8-7-14(3)17-11-9-15(5-2)10-12-17/h6-8,15,17H,3-5,9-12H2,1-2H3. The summed E-state index contributed by atoms with van der Waals surface area (Å²) in [5, 5.41) is 8.95. The molecule has 0 aromatic heterocycles. The Morgan fingerprint density at radius 3 is 2.39 bits per heavy atom. The lowest BCUT2D eigenvalue weighted by Crippen LogP contribution is -2.14. The molecular formula is C17H25N. The highest BCUT2D eigenvalue weighted by Crippen LogP contribution is 2.34. The topological polar surface area (TPSA) is 23.8 Å². The molecular weight excluding hydrogens is 218 g/mol. The quantitative estimate of drug-likeness (QED) is 0.482. The van der Waals surface area contributed by atoms with Crippen LogP contribution >= 0.6 is 0 Å². The largest absolute Gasteiger partial charge is 0.192 e. The van der Waals surface area contributed by atoms with Gasteiger partial charge >= 0.3 is 0 Å². The first-order valence-electron chi connectivity index (χ1n) is 7.18. The van der Waals surface area contributed by atoms with Gasteiger partial charge in [0.25, 0.3) is 0 Å². The van der Waals surface area contributed by atoms with Crippen molar-refractivity contribution in [2.75, 3.05) is 0 Å². The minimum atomic E-state index is 0.630. The van der Waals surface area contributed by atoms with Crippen molar-refractivity contribution in [2.45, 2.75) is 52.4 Å². The predicted octanol–water partition coefficient (Wildman–Crippen LogP) is 5.18. The monoisotopic (exact) mass is 243 g/mol. The van der Waals surface area contributed by atoms with Crippen LogP contribution in [0.3, 0.4) is 0 Å². The predicted molar refractivity (Wildman–Crippen MR) is 78.0 cm³/mol. The Morgan fingerprint density at radius 1 is 1.22 bits per heavy atom. The first kappa shape index (κ1) is 14.8. The van der Waals surface area contributed by atoms with Gasteiger partial charge in [0, 0.05) is 5.57 Å². The minimum Gasteiger partial charge on any atom is -0.192 e. The van der Waals surface area contributed by atoms with Gasteiger partial charge in [0.05, 0.1) is 6.07 Å². The van der Waals surface area contributed by atoms with Crippen molar-refractivity contribution in [3.05, 3.63) is 36.0 Å². The van der Waals surface area contributed by atoms with E-state index in [0.29, 0.717) is 5.92 Å². The summed E-state index contributed by atoms with van der Waals surface area (Å²) in [6.45, 7) is 8.51. The second-order valence-corrected chi connectivity index (χ2v) is 5.21. The summed E-state index contributed by atoms with van der Waals surface area (Å²) in [5.41, 5.74) is 1.95. The molecule has 0 bridgehead atoms. The van der Waals surface area contributed by atoms with Crippen molar-refractivity contribution >= 4 is 0 Å². The molecule has 0 atom stereocenters. The molecule has 0 saturated heterocycles. The van der Waals surface area contributed by atoms with E-state index in [9.17, 15) is 0 Å². The Balaban J connectivity index is 2.49. The average molecular weight is 243 g/mol. The van der Waals surface area contributed by atoms with E-state index in [-0.39, 0.29) is 0 Å². The Hall–Kier alpha value is -1.29. The number of hydrogen-bond donors (Lipinski definition) is 0. The molecule has 0 aromatic rings. The molecule has 0 aliphatic heterocycles. The fourth-order valence-corrected chi connectivity index (χ4v) is 2.65. The first-order valence-corrected chi connectivity index (χ1v) is 7.18. The zero-order valence-corrected chi connectivity index (χ0v) is 11.8. The molecule has 1 nitrogen and oxygen atoms in total. The van der Waals surface area contributed by atoms with Gasteiger partial charge in [-0.25, -0.2) is 0 Å². The van der Waals surface area contributed by atoms with Crippen LogP contribution in [0.5, 0.6) is 0 Å². The average Bonchev–Trinajstić information content (AvgIpc) is 2.43. The van der Waals surface area contributed by atoms with Gasteiger partial charge in [0.1, 0.15) is 0 Å². The number of hydrogen-bond acceptors (Lipinski definition) is 1. The van der Waals surface area contributed by atoms with Crippen LogP contribution < -0.4 is 0 Å². The third-order valence-corrected chi connectivity index (χ3v) is 3.98. The second kappa shape index (κ2) is 7.93. The van der Waals surface area contributed by atoms with Gasteiger partial charge in [0.2, 0.25) is 0 Å². The number of nitriles is 1. The van der Waals surface area contributed by atoms with E-state index in [0.717, 1.165) is 17.9 Å². The smallest absolute Gasteiger partial charge is 0.0988 e. The maximum absolute atomic E-state index is 8.95. The Bertz CT molecular complexity index is 360. The van der Waals surface area contributed by atoms with Crippen LogP contribution in [0.4, 0.5) is 0 Å². The van der Waals surface area contributed by atoms with E-state index in [1.165, 1.54) is 37.7 Å². The zero-order valence-electron chi connectivity index (χ0n) is 11.8. The molecule has 18 heavy (non-hydrogen) atoms. The van der Waals surface area contributed by atoms with E-state index in [4.69, 9.17) is 5.26 Å². The Labute approximate surface area is 112 Å². The summed E-state index contributed by atoms with van der Waals surface area (Å²) in [5.74, 6) is 1.55. The van der Waals surface area contributed by atoms with Crippen molar-refractivity contribution in [1.82, 2.24) is 0 Å². The molecule has 0 unspecified atom stereocenters. The fraction of sp³-hybridized carbons (Fsp3) is 0.588. The molecule has 0 aromatic carbocycles. The highest BCUT2D eigenvalue weighted by atomic mass is 14.3. The van der Waals surface area contributed by atoms with Gasteiger partial charge in [0.15, 0.2) is 0 Å². The molecule has 0 N–H and O–H groups in total. The maximum atomic E-state index is 8.95. The summed E-state index contributed by atoms with van der Waals surface area (Å²) in [6, 6.07) is 2.21. The molecule has 1 aliphatic rings. The van der Waals surface area contributed by atoms with Crippen molar-refractivity contribution in [3.8, 4) is 6.07 Å². The van der Waals surface area contributed by atoms with E-state index in [2.05, 4.69) is 19.6 Å². The lowest BCUT2D eigenvalue weighted by Gasteiger charge is -2.28. The van der Waals surface area contributed by atoms with Crippen LogP contribution in [0.15, 0.2) is 36.0 Å². The third kappa shape index (κ3) is 4.53. The highest BCUT2D eigenvalue weighted by Gasteiger charge is 2.20. The molecule has 1 heteroatoms. The summed E-state index contributed by atoms with van der Waals surface area (Å²) >= 11 is 0. The van der Waals surface area contributed by atoms with Gasteiger partial charge < -0.3 is 0 Å². The first-order chi connectivity index (χ1) is 8.71. The molecule has 0 spiro atoms. The van der Waals surface area contributed by atoms with Crippen molar-refractivity contribution in [3.63, 3.8) is 0 Å². The fourth-order valence-electron chi connectivity index (χ4n) is 2.65. The molecule has 0 heterocycles. The molecule has 1 rings (SSSR count). The summed E-state index contributed by atoms with van der Waals surface area (Å²) in [7, 11) is 0. The minimum absolute atomic E-state index is 0.630. The van der Waals surface area contributed by atoms with Crippen LogP contribution in [0.2, 0.25) is 0 Å². The van der Waals surface area contributed by atoms with Crippen LogP contribution in [0.1, 0.15) is 52.4 Å². The molecule has 0 radical (unpaired) electrons.